The maximum Gasteiger partial charge on any atom is 0.243 e. The van der Waals surface area contributed by atoms with Gasteiger partial charge in [-0.3, -0.25) is 0 Å². The van der Waals surface area contributed by atoms with Crippen molar-refractivity contribution in [2.45, 2.75) is 162 Å². The first-order chi connectivity index (χ1) is 14.9. The fraction of sp³-hybridized carbons (Fsp3) is 0.893. The first-order valence-corrected chi connectivity index (χ1v) is 13.9. The van der Waals surface area contributed by atoms with Gasteiger partial charge < -0.3 is 0 Å². The van der Waals surface area contributed by atoms with Gasteiger partial charge in [0.15, 0.2) is 0 Å². The van der Waals surface area contributed by atoms with Crippen molar-refractivity contribution in [1.82, 2.24) is 4.57 Å². The SMILES string of the molecule is CCCCCCCCCCCCCCCC[n+]1ccn(CCCCCCCCC)c1. The number of aromatic nitrogens is 2. The summed E-state index contributed by atoms with van der Waals surface area (Å²) in [5.41, 5.74) is 0. The molecule has 0 fully saturated rings. The topological polar surface area (TPSA) is 8.81 Å². The first-order valence-electron chi connectivity index (χ1n) is 13.9. The maximum absolute atomic E-state index is 2.39. The quantitative estimate of drug-likeness (QED) is 0.124. The minimum Gasteiger partial charge on any atom is -0.237 e. The smallest absolute Gasteiger partial charge is 0.237 e. The van der Waals surface area contributed by atoms with E-state index in [4.69, 9.17) is 0 Å². The molecule has 0 N–H and O–H groups in total. The molecule has 30 heavy (non-hydrogen) atoms. The molecule has 1 aromatic heterocycles. The second-order valence-electron chi connectivity index (χ2n) is 9.61. The lowest BCUT2D eigenvalue weighted by Gasteiger charge is -2.03. The molecule has 0 aliphatic rings. The van der Waals surface area contributed by atoms with E-state index in [9.17, 15) is 0 Å². The van der Waals surface area contributed by atoms with Crippen molar-refractivity contribution in [2.24, 2.45) is 0 Å². The van der Waals surface area contributed by atoms with Crippen LogP contribution in [0.25, 0.3) is 0 Å². The number of aryl methyl sites for hydroxylation is 2. The van der Waals surface area contributed by atoms with E-state index in [-0.39, 0.29) is 0 Å². The third kappa shape index (κ3) is 16.9. The Morgan fingerprint density at radius 2 is 0.900 bits per heavy atom. The van der Waals surface area contributed by atoms with Gasteiger partial charge >= 0.3 is 0 Å². The molecule has 0 aliphatic carbocycles. The average Bonchev–Trinajstić information content (AvgIpc) is 3.21. The van der Waals surface area contributed by atoms with Gasteiger partial charge in [-0.05, 0) is 25.7 Å². The molecule has 0 unspecified atom stereocenters. The van der Waals surface area contributed by atoms with E-state index in [1.165, 1.54) is 148 Å². The first kappa shape index (κ1) is 27.2. The Balaban J connectivity index is 1.84. The molecule has 0 radical (unpaired) electrons. The molecule has 0 spiro atoms. The molecule has 1 rings (SSSR count). The van der Waals surface area contributed by atoms with E-state index in [0.29, 0.717) is 0 Å². The van der Waals surface area contributed by atoms with Crippen molar-refractivity contribution in [3.8, 4) is 0 Å². The van der Waals surface area contributed by atoms with E-state index in [2.05, 4.69) is 41.7 Å². The predicted molar refractivity (Wildman–Crippen MR) is 133 cm³/mol. The normalized spacial score (nSPS) is 11.4. The van der Waals surface area contributed by atoms with Crippen LogP contribution in [0, 0.1) is 0 Å². The van der Waals surface area contributed by atoms with Gasteiger partial charge in [-0.25, -0.2) is 9.13 Å². The summed E-state index contributed by atoms with van der Waals surface area (Å²) in [5, 5.41) is 0. The van der Waals surface area contributed by atoms with E-state index in [1.54, 1.807) is 0 Å². The highest BCUT2D eigenvalue weighted by Gasteiger charge is 2.03. The van der Waals surface area contributed by atoms with E-state index in [1.807, 2.05) is 0 Å². The molecule has 0 bridgehead atoms. The lowest BCUT2D eigenvalue weighted by Crippen LogP contribution is -2.30. The van der Waals surface area contributed by atoms with Crippen LogP contribution in [0.2, 0.25) is 0 Å². The lowest BCUT2D eigenvalue weighted by atomic mass is 10.0. The molecule has 0 saturated carbocycles. The van der Waals surface area contributed by atoms with Crippen LogP contribution < -0.4 is 4.57 Å². The second kappa shape index (κ2) is 21.4. The van der Waals surface area contributed by atoms with Crippen LogP contribution in [0.5, 0.6) is 0 Å². The molecule has 0 aliphatic heterocycles. The Morgan fingerprint density at radius 1 is 0.500 bits per heavy atom. The third-order valence-corrected chi connectivity index (χ3v) is 6.54. The zero-order valence-corrected chi connectivity index (χ0v) is 20.9. The number of rotatable bonds is 23. The number of imidazole rings is 1. The second-order valence-corrected chi connectivity index (χ2v) is 9.61. The Hall–Kier alpha value is -0.790. The molecule has 0 aromatic carbocycles. The van der Waals surface area contributed by atoms with E-state index < -0.39 is 0 Å². The van der Waals surface area contributed by atoms with E-state index >= 15 is 0 Å². The number of unbranched alkanes of at least 4 members (excludes halogenated alkanes) is 19. The highest BCUT2D eigenvalue weighted by molar-refractivity contribution is 4.66. The largest absolute Gasteiger partial charge is 0.243 e. The van der Waals surface area contributed by atoms with Crippen LogP contribution in [0.4, 0.5) is 0 Å². The molecule has 0 amide bonds. The van der Waals surface area contributed by atoms with Gasteiger partial charge in [0.05, 0.1) is 13.1 Å². The predicted octanol–water partition coefficient (Wildman–Crippen LogP) is 9.01. The zero-order valence-electron chi connectivity index (χ0n) is 20.9. The number of hydrogen-bond donors (Lipinski definition) is 0. The van der Waals surface area contributed by atoms with Crippen LogP contribution in [0.1, 0.15) is 149 Å². The highest BCUT2D eigenvalue weighted by Crippen LogP contribution is 2.13. The van der Waals surface area contributed by atoms with Crippen LogP contribution >= 0.6 is 0 Å². The molecule has 2 nitrogen and oxygen atoms in total. The van der Waals surface area contributed by atoms with Gasteiger partial charge in [0.2, 0.25) is 6.33 Å². The summed E-state index contributed by atoms with van der Waals surface area (Å²) in [6.45, 7) is 6.98. The zero-order chi connectivity index (χ0) is 21.5. The molecule has 1 aromatic rings. The molecular weight excluding hydrogens is 364 g/mol. The third-order valence-electron chi connectivity index (χ3n) is 6.54. The van der Waals surface area contributed by atoms with Crippen molar-refractivity contribution in [3.63, 3.8) is 0 Å². The highest BCUT2D eigenvalue weighted by atomic mass is 15.1. The van der Waals surface area contributed by atoms with Gasteiger partial charge in [0, 0.05) is 0 Å². The van der Waals surface area contributed by atoms with Crippen LogP contribution in [-0.4, -0.2) is 4.57 Å². The molecular formula is C28H55N2+. The fourth-order valence-corrected chi connectivity index (χ4v) is 4.44. The Bertz CT molecular complexity index is 451. The van der Waals surface area contributed by atoms with E-state index in [0.717, 1.165) is 0 Å². The summed E-state index contributed by atoms with van der Waals surface area (Å²) in [7, 11) is 0. The Kier molecular flexibility index (Phi) is 19.5. The Morgan fingerprint density at radius 3 is 1.37 bits per heavy atom. The maximum atomic E-state index is 2.39. The molecule has 0 atom stereocenters. The van der Waals surface area contributed by atoms with Crippen molar-refractivity contribution in [2.75, 3.05) is 0 Å². The van der Waals surface area contributed by atoms with Gasteiger partial charge in [-0.1, -0.05) is 123 Å². The van der Waals surface area contributed by atoms with Crippen molar-refractivity contribution in [1.29, 1.82) is 0 Å². The minimum absolute atomic E-state index is 1.19. The van der Waals surface area contributed by atoms with Crippen molar-refractivity contribution < 1.29 is 4.57 Å². The van der Waals surface area contributed by atoms with Gasteiger partial charge in [-0.15, -0.1) is 0 Å². The minimum atomic E-state index is 1.19. The number of hydrogen-bond acceptors (Lipinski definition) is 0. The monoisotopic (exact) mass is 419 g/mol. The van der Waals surface area contributed by atoms with Gasteiger partial charge in [0.25, 0.3) is 0 Å². The average molecular weight is 420 g/mol. The Labute approximate surface area is 189 Å². The summed E-state index contributed by atoms with van der Waals surface area (Å²) < 4.78 is 4.78. The standard InChI is InChI=1S/C28H55N2/c1-3-5-7-9-11-12-13-14-15-16-17-19-21-23-25-30-27-26-29(28-30)24-22-20-18-10-8-6-4-2/h26-28H,3-25H2,1-2H3/q+1. The van der Waals surface area contributed by atoms with Crippen LogP contribution in [0.3, 0.4) is 0 Å². The summed E-state index contributed by atoms with van der Waals surface area (Å²) in [6, 6.07) is 0. The van der Waals surface area contributed by atoms with Crippen molar-refractivity contribution in [3.05, 3.63) is 18.7 Å². The summed E-state index contributed by atoms with van der Waals surface area (Å²) >= 11 is 0. The molecule has 2 heteroatoms. The molecule has 0 saturated heterocycles. The van der Waals surface area contributed by atoms with Gasteiger partial charge in [0.1, 0.15) is 12.4 Å². The van der Waals surface area contributed by atoms with Crippen LogP contribution in [0.15, 0.2) is 18.7 Å². The molecule has 176 valence electrons. The van der Waals surface area contributed by atoms with Crippen molar-refractivity contribution >= 4 is 0 Å². The molecule has 1 heterocycles. The van der Waals surface area contributed by atoms with Gasteiger partial charge in [-0.2, -0.15) is 0 Å². The van der Waals surface area contributed by atoms with Crippen LogP contribution in [-0.2, 0) is 13.1 Å². The summed E-state index contributed by atoms with van der Waals surface area (Å²) in [4.78, 5) is 0. The summed E-state index contributed by atoms with van der Waals surface area (Å²) in [5.74, 6) is 0. The fourth-order valence-electron chi connectivity index (χ4n) is 4.44. The lowest BCUT2D eigenvalue weighted by molar-refractivity contribution is -0.696. The summed E-state index contributed by atoms with van der Waals surface area (Å²) in [6.07, 6.45) is 36.7. The number of nitrogens with zero attached hydrogens (tertiary/aromatic N) is 2.